The molecule has 0 fully saturated rings. The lowest BCUT2D eigenvalue weighted by atomic mass is 10.1. The fraction of sp³-hybridized carbons (Fsp3) is 0.417. The molecule has 0 saturated heterocycles. The van der Waals surface area contributed by atoms with E-state index in [1.807, 2.05) is 0 Å². The minimum atomic E-state index is -1.04. The van der Waals surface area contributed by atoms with Crippen LogP contribution in [0.4, 0.5) is 5.69 Å². The van der Waals surface area contributed by atoms with Crippen molar-refractivity contribution in [2.45, 2.75) is 20.3 Å². The second-order valence-electron chi connectivity index (χ2n) is 3.75. The summed E-state index contributed by atoms with van der Waals surface area (Å²) in [6, 6.07) is 2.34. The van der Waals surface area contributed by atoms with E-state index in [2.05, 4.69) is 4.98 Å². The maximum Gasteiger partial charge on any atom is 0.327 e. The number of rotatable bonds is 6. The third-order valence-electron chi connectivity index (χ3n) is 2.40. The van der Waals surface area contributed by atoms with Crippen molar-refractivity contribution in [1.29, 1.82) is 0 Å². The van der Waals surface area contributed by atoms with Gasteiger partial charge in [-0.15, -0.1) is 0 Å². The summed E-state index contributed by atoms with van der Waals surface area (Å²) in [6.07, 6.45) is 1.19. The molecule has 1 aromatic heterocycles. The van der Waals surface area contributed by atoms with Crippen LogP contribution in [0.15, 0.2) is 18.3 Å². The molecule has 0 N–H and O–H groups in total. The Morgan fingerprint density at radius 1 is 1.35 bits per heavy atom. The molecule has 20 heavy (non-hydrogen) atoms. The van der Waals surface area contributed by atoms with Gasteiger partial charge in [-0.25, -0.2) is 4.98 Å². The van der Waals surface area contributed by atoms with Gasteiger partial charge in [0, 0.05) is 12.1 Å². The average Bonchev–Trinajstić information content (AvgIpc) is 2.40. The Balaban J connectivity index is 2.73. The minimum absolute atomic E-state index is 0.108. The molecule has 0 aliphatic heterocycles. The molecular weight excluding hydrogens is 268 g/mol. The third-order valence-corrected chi connectivity index (χ3v) is 2.40. The molecule has 108 valence electrons. The maximum absolute atomic E-state index is 11.8. The number of nitrogens with zero attached hydrogens (tertiary/aromatic N) is 2. The number of carbonyl (C=O) groups is 2. The molecule has 0 bridgehead atoms. The highest BCUT2D eigenvalue weighted by atomic mass is 16.6. The molecule has 1 aromatic rings. The molecule has 0 amide bonds. The number of esters is 2. The van der Waals surface area contributed by atoms with Crippen molar-refractivity contribution in [3.63, 3.8) is 0 Å². The molecule has 0 aliphatic carbocycles. The number of aromatic nitrogens is 1. The second kappa shape index (κ2) is 7.17. The lowest BCUT2D eigenvalue weighted by Gasteiger charge is -2.11. The van der Waals surface area contributed by atoms with Crippen LogP contribution in [0, 0.1) is 16.0 Å². The van der Waals surface area contributed by atoms with E-state index in [1.54, 1.807) is 13.8 Å². The standard InChI is InChI=1S/C12H14N2O6/c1-3-9(11(15)19-4-2)12(16)20-10-6-5-8(7-13-10)14(17)18/h5-7,9H,3-4H2,1-2H3. The van der Waals surface area contributed by atoms with Crippen molar-refractivity contribution in [3.8, 4) is 5.88 Å². The Morgan fingerprint density at radius 3 is 2.50 bits per heavy atom. The van der Waals surface area contributed by atoms with Crippen LogP contribution in [-0.2, 0) is 14.3 Å². The van der Waals surface area contributed by atoms with E-state index in [-0.39, 0.29) is 24.6 Å². The van der Waals surface area contributed by atoms with Gasteiger partial charge in [0.15, 0.2) is 5.92 Å². The quantitative estimate of drug-likeness (QED) is 0.336. The Kier molecular flexibility index (Phi) is 5.57. The number of ether oxygens (including phenoxy) is 2. The zero-order valence-electron chi connectivity index (χ0n) is 11.1. The van der Waals surface area contributed by atoms with Gasteiger partial charge in [0.1, 0.15) is 6.20 Å². The van der Waals surface area contributed by atoms with Gasteiger partial charge >= 0.3 is 11.9 Å². The van der Waals surface area contributed by atoms with E-state index >= 15 is 0 Å². The van der Waals surface area contributed by atoms with Crippen LogP contribution in [0.1, 0.15) is 20.3 Å². The first-order valence-electron chi connectivity index (χ1n) is 5.98. The first-order valence-corrected chi connectivity index (χ1v) is 5.98. The highest BCUT2D eigenvalue weighted by Crippen LogP contribution is 2.16. The largest absolute Gasteiger partial charge is 0.465 e. The van der Waals surface area contributed by atoms with Crippen molar-refractivity contribution in [1.82, 2.24) is 4.98 Å². The molecule has 1 unspecified atom stereocenters. The Morgan fingerprint density at radius 2 is 2.05 bits per heavy atom. The predicted octanol–water partition coefficient (Wildman–Crippen LogP) is 1.48. The zero-order chi connectivity index (χ0) is 15.1. The summed E-state index contributed by atoms with van der Waals surface area (Å²) >= 11 is 0. The van der Waals surface area contributed by atoms with Gasteiger partial charge in [0.2, 0.25) is 5.88 Å². The first-order chi connectivity index (χ1) is 9.49. The summed E-state index contributed by atoms with van der Waals surface area (Å²) in [5, 5.41) is 10.4. The van der Waals surface area contributed by atoms with Crippen molar-refractivity contribution >= 4 is 17.6 Å². The highest BCUT2D eigenvalue weighted by molar-refractivity contribution is 5.95. The van der Waals surface area contributed by atoms with Gasteiger partial charge in [-0.3, -0.25) is 19.7 Å². The molecule has 0 aliphatic rings. The van der Waals surface area contributed by atoms with Crippen LogP contribution in [0.3, 0.4) is 0 Å². The maximum atomic E-state index is 11.8. The van der Waals surface area contributed by atoms with Crippen molar-refractivity contribution in [2.24, 2.45) is 5.92 Å². The fourth-order valence-electron chi connectivity index (χ4n) is 1.39. The van der Waals surface area contributed by atoms with Crippen molar-refractivity contribution in [2.75, 3.05) is 6.61 Å². The number of nitro groups is 1. The van der Waals surface area contributed by atoms with Gasteiger partial charge in [0.05, 0.1) is 11.5 Å². The average molecular weight is 282 g/mol. The second-order valence-corrected chi connectivity index (χ2v) is 3.75. The summed E-state index contributed by atoms with van der Waals surface area (Å²) in [6.45, 7) is 3.44. The molecule has 0 aromatic carbocycles. The van der Waals surface area contributed by atoms with Crippen molar-refractivity contribution < 1.29 is 24.0 Å². The molecule has 8 nitrogen and oxygen atoms in total. The molecule has 0 radical (unpaired) electrons. The predicted molar refractivity (Wildman–Crippen MR) is 66.9 cm³/mol. The number of hydrogen-bond acceptors (Lipinski definition) is 7. The third kappa shape index (κ3) is 4.01. The van der Waals surface area contributed by atoms with E-state index in [4.69, 9.17) is 9.47 Å². The van der Waals surface area contributed by atoms with Crippen LogP contribution in [0.2, 0.25) is 0 Å². The Hall–Kier alpha value is -2.51. The van der Waals surface area contributed by atoms with Gasteiger partial charge in [-0.05, 0) is 13.3 Å². The topological polar surface area (TPSA) is 109 Å². The molecule has 1 atom stereocenters. The van der Waals surface area contributed by atoms with Gasteiger partial charge in [-0.2, -0.15) is 0 Å². The summed E-state index contributed by atoms with van der Waals surface area (Å²) in [5.41, 5.74) is -0.220. The molecule has 0 spiro atoms. The lowest BCUT2D eigenvalue weighted by molar-refractivity contribution is -0.385. The van der Waals surface area contributed by atoms with Crippen molar-refractivity contribution in [3.05, 3.63) is 28.4 Å². The Bertz CT molecular complexity index is 499. The minimum Gasteiger partial charge on any atom is -0.465 e. The number of carbonyl (C=O) groups excluding carboxylic acids is 2. The van der Waals surface area contributed by atoms with E-state index < -0.39 is 22.8 Å². The SMILES string of the molecule is CCOC(=O)C(CC)C(=O)Oc1ccc([N+](=O)[O-])cn1. The monoisotopic (exact) mass is 282 g/mol. The van der Waals surface area contributed by atoms with Crippen LogP contribution < -0.4 is 4.74 Å². The van der Waals surface area contributed by atoms with E-state index in [0.717, 1.165) is 12.3 Å². The smallest absolute Gasteiger partial charge is 0.327 e. The van der Waals surface area contributed by atoms with Gasteiger partial charge in [0.25, 0.3) is 5.69 Å². The van der Waals surface area contributed by atoms with Crippen LogP contribution in [-0.4, -0.2) is 28.5 Å². The molecule has 0 saturated carbocycles. The summed E-state index contributed by atoms with van der Waals surface area (Å²) in [4.78, 5) is 36.8. The number of hydrogen-bond donors (Lipinski definition) is 0. The van der Waals surface area contributed by atoms with Crippen LogP contribution in [0.25, 0.3) is 0 Å². The van der Waals surface area contributed by atoms with Crippen LogP contribution in [0.5, 0.6) is 5.88 Å². The van der Waals surface area contributed by atoms with Gasteiger partial charge < -0.3 is 9.47 Å². The molecular formula is C12H14N2O6. The first kappa shape index (κ1) is 15.5. The lowest BCUT2D eigenvalue weighted by Crippen LogP contribution is -2.29. The fourth-order valence-corrected chi connectivity index (χ4v) is 1.39. The molecule has 1 rings (SSSR count). The molecule has 1 heterocycles. The zero-order valence-corrected chi connectivity index (χ0v) is 11.1. The van der Waals surface area contributed by atoms with Gasteiger partial charge in [-0.1, -0.05) is 6.92 Å². The van der Waals surface area contributed by atoms with E-state index in [9.17, 15) is 19.7 Å². The number of pyridine rings is 1. The van der Waals surface area contributed by atoms with E-state index in [0.29, 0.717) is 0 Å². The summed E-state index contributed by atoms with van der Waals surface area (Å²) in [5.74, 6) is -2.61. The van der Waals surface area contributed by atoms with Crippen LogP contribution >= 0.6 is 0 Å². The summed E-state index contributed by atoms with van der Waals surface area (Å²) < 4.78 is 9.65. The normalized spacial score (nSPS) is 11.5. The summed E-state index contributed by atoms with van der Waals surface area (Å²) in [7, 11) is 0. The molecule has 8 heteroatoms. The highest BCUT2D eigenvalue weighted by Gasteiger charge is 2.28. The van der Waals surface area contributed by atoms with E-state index in [1.165, 1.54) is 6.07 Å². The Labute approximate surface area is 114 Å².